The first kappa shape index (κ1) is 12.8. The van der Waals surface area contributed by atoms with Crippen LogP contribution in [0.25, 0.3) is 0 Å². The molecule has 0 aliphatic carbocycles. The minimum absolute atomic E-state index is 0.595. The Bertz CT molecular complexity index is 282. The number of hydrogen-bond acceptors (Lipinski definition) is 3. The zero-order valence-corrected chi connectivity index (χ0v) is 10.1. The molecule has 0 amide bonds. The Hall–Kier alpha value is -1.22. The Morgan fingerprint density at radius 1 is 1.12 bits per heavy atom. The van der Waals surface area contributed by atoms with E-state index in [1.165, 1.54) is 0 Å². The van der Waals surface area contributed by atoms with Gasteiger partial charge in [0.1, 0.15) is 5.75 Å². The molecule has 1 aromatic rings. The van der Waals surface area contributed by atoms with Gasteiger partial charge in [0.05, 0.1) is 6.61 Å². The number of anilines is 1. The van der Waals surface area contributed by atoms with Crippen molar-refractivity contribution in [1.82, 2.24) is 0 Å². The van der Waals surface area contributed by atoms with Crippen LogP contribution in [-0.2, 0) is 4.74 Å². The minimum Gasteiger partial charge on any atom is -0.494 e. The molecule has 1 rings (SSSR count). The molecule has 3 nitrogen and oxygen atoms in total. The van der Waals surface area contributed by atoms with Crippen LogP contribution in [-0.4, -0.2) is 19.8 Å². The number of rotatable bonds is 7. The minimum atomic E-state index is 0.595. The lowest BCUT2D eigenvalue weighted by molar-refractivity contribution is 0.0981. The Morgan fingerprint density at radius 2 is 1.81 bits per heavy atom. The summed E-state index contributed by atoms with van der Waals surface area (Å²) in [6.45, 7) is 6.55. The molecule has 90 valence electrons. The van der Waals surface area contributed by atoms with E-state index < -0.39 is 0 Å². The molecule has 0 heterocycles. The van der Waals surface area contributed by atoms with Crippen molar-refractivity contribution >= 4 is 5.69 Å². The van der Waals surface area contributed by atoms with Crippen LogP contribution in [0.1, 0.15) is 20.3 Å². The summed E-state index contributed by atoms with van der Waals surface area (Å²) in [5.74, 6) is 1.45. The smallest absolute Gasteiger partial charge is 0.119 e. The van der Waals surface area contributed by atoms with E-state index in [2.05, 4.69) is 13.8 Å². The molecule has 0 bridgehead atoms. The van der Waals surface area contributed by atoms with Crippen LogP contribution < -0.4 is 10.5 Å². The van der Waals surface area contributed by atoms with Crippen molar-refractivity contribution in [2.75, 3.05) is 25.6 Å². The first-order valence-corrected chi connectivity index (χ1v) is 5.74. The van der Waals surface area contributed by atoms with Gasteiger partial charge in [-0.15, -0.1) is 0 Å². The lowest BCUT2D eigenvalue weighted by atomic mass is 10.2. The van der Waals surface area contributed by atoms with Crippen molar-refractivity contribution in [3.05, 3.63) is 24.3 Å². The summed E-state index contributed by atoms with van der Waals surface area (Å²) in [4.78, 5) is 0. The van der Waals surface area contributed by atoms with Gasteiger partial charge in [0.2, 0.25) is 0 Å². The summed E-state index contributed by atoms with van der Waals surface area (Å²) in [5.41, 5.74) is 6.33. The van der Waals surface area contributed by atoms with E-state index in [0.717, 1.165) is 31.1 Å². The highest BCUT2D eigenvalue weighted by molar-refractivity contribution is 5.41. The van der Waals surface area contributed by atoms with Crippen LogP contribution in [0.5, 0.6) is 5.75 Å². The fourth-order valence-electron chi connectivity index (χ4n) is 1.23. The summed E-state index contributed by atoms with van der Waals surface area (Å²) in [7, 11) is 0. The van der Waals surface area contributed by atoms with Crippen molar-refractivity contribution in [2.45, 2.75) is 20.3 Å². The van der Waals surface area contributed by atoms with Crippen LogP contribution in [0.2, 0.25) is 0 Å². The van der Waals surface area contributed by atoms with E-state index in [1.54, 1.807) is 0 Å². The van der Waals surface area contributed by atoms with Gasteiger partial charge < -0.3 is 15.2 Å². The van der Waals surface area contributed by atoms with E-state index >= 15 is 0 Å². The molecule has 3 heteroatoms. The van der Waals surface area contributed by atoms with Gasteiger partial charge >= 0.3 is 0 Å². The van der Waals surface area contributed by atoms with E-state index in [-0.39, 0.29) is 0 Å². The second-order valence-electron chi connectivity index (χ2n) is 4.24. The van der Waals surface area contributed by atoms with Crippen LogP contribution in [0, 0.1) is 5.92 Å². The molecule has 1 aromatic carbocycles. The molecular formula is C13H21NO2. The van der Waals surface area contributed by atoms with Crippen molar-refractivity contribution in [3.8, 4) is 5.75 Å². The van der Waals surface area contributed by atoms with Crippen molar-refractivity contribution in [1.29, 1.82) is 0 Å². The zero-order chi connectivity index (χ0) is 11.8. The normalized spacial score (nSPS) is 10.7. The quantitative estimate of drug-likeness (QED) is 0.571. The van der Waals surface area contributed by atoms with Gasteiger partial charge in [0.15, 0.2) is 0 Å². The number of benzene rings is 1. The van der Waals surface area contributed by atoms with E-state index in [9.17, 15) is 0 Å². The molecule has 0 saturated heterocycles. The SMILES string of the molecule is CC(C)COCCCOc1ccc(N)cc1. The Labute approximate surface area is 97.6 Å². The first-order valence-electron chi connectivity index (χ1n) is 5.74. The third-order valence-corrected chi connectivity index (χ3v) is 2.03. The average molecular weight is 223 g/mol. The highest BCUT2D eigenvalue weighted by atomic mass is 16.5. The maximum absolute atomic E-state index is 5.57. The first-order chi connectivity index (χ1) is 7.68. The molecule has 0 fully saturated rings. The summed E-state index contributed by atoms with van der Waals surface area (Å²) in [6.07, 6.45) is 0.914. The molecular weight excluding hydrogens is 202 g/mol. The van der Waals surface area contributed by atoms with Crippen LogP contribution in [0.4, 0.5) is 5.69 Å². The van der Waals surface area contributed by atoms with Gasteiger partial charge in [0.25, 0.3) is 0 Å². The van der Waals surface area contributed by atoms with E-state index in [0.29, 0.717) is 12.5 Å². The number of nitrogens with two attached hydrogens (primary N) is 1. The maximum atomic E-state index is 5.57. The van der Waals surface area contributed by atoms with Crippen molar-refractivity contribution in [2.24, 2.45) is 5.92 Å². The van der Waals surface area contributed by atoms with Gasteiger partial charge in [-0.05, 0) is 30.2 Å². The fraction of sp³-hybridized carbons (Fsp3) is 0.538. The maximum Gasteiger partial charge on any atom is 0.119 e. The van der Waals surface area contributed by atoms with Crippen LogP contribution in [0.15, 0.2) is 24.3 Å². The summed E-state index contributed by atoms with van der Waals surface area (Å²) >= 11 is 0. The molecule has 0 radical (unpaired) electrons. The highest BCUT2D eigenvalue weighted by Gasteiger charge is 1.95. The molecule has 2 N–H and O–H groups in total. The van der Waals surface area contributed by atoms with E-state index in [4.69, 9.17) is 15.2 Å². The van der Waals surface area contributed by atoms with Gasteiger partial charge in [0, 0.05) is 25.3 Å². The number of ether oxygens (including phenoxy) is 2. The Morgan fingerprint density at radius 3 is 2.44 bits per heavy atom. The van der Waals surface area contributed by atoms with Crippen molar-refractivity contribution in [3.63, 3.8) is 0 Å². The summed E-state index contributed by atoms with van der Waals surface area (Å²) in [6, 6.07) is 7.43. The monoisotopic (exact) mass is 223 g/mol. The lowest BCUT2D eigenvalue weighted by Gasteiger charge is -2.08. The van der Waals surface area contributed by atoms with Gasteiger partial charge in [-0.1, -0.05) is 13.8 Å². The Kier molecular flexibility index (Phi) is 5.72. The molecule has 0 aliphatic rings. The molecule has 0 spiro atoms. The predicted molar refractivity (Wildman–Crippen MR) is 66.6 cm³/mol. The Balaban J connectivity index is 2.05. The van der Waals surface area contributed by atoms with Crippen LogP contribution >= 0.6 is 0 Å². The zero-order valence-electron chi connectivity index (χ0n) is 10.1. The number of hydrogen-bond donors (Lipinski definition) is 1. The van der Waals surface area contributed by atoms with Crippen molar-refractivity contribution < 1.29 is 9.47 Å². The molecule has 0 unspecified atom stereocenters. The van der Waals surface area contributed by atoms with E-state index in [1.807, 2.05) is 24.3 Å². The van der Waals surface area contributed by atoms with Gasteiger partial charge in [-0.3, -0.25) is 0 Å². The predicted octanol–water partition coefficient (Wildman–Crippen LogP) is 2.71. The second-order valence-corrected chi connectivity index (χ2v) is 4.24. The molecule has 0 atom stereocenters. The third-order valence-electron chi connectivity index (χ3n) is 2.03. The fourth-order valence-corrected chi connectivity index (χ4v) is 1.23. The molecule has 0 aliphatic heterocycles. The third kappa shape index (κ3) is 5.61. The highest BCUT2D eigenvalue weighted by Crippen LogP contribution is 2.13. The van der Waals surface area contributed by atoms with Crippen LogP contribution in [0.3, 0.4) is 0 Å². The van der Waals surface area contributed by atoms with Gasteiger partial charge in [-0.2, -0.15) is 0 Å². The van der Waals surface area contributed by atoms with Gasteiger partial charge in [-0.25, -0.2) is 0 Å². The molecule has 0 aromatic heterocycles. The topological polar surface area (TPSA) is 44.5 Å². The largest absolute Gasteiger partial charge is 0.494 e. The molecule has 0 saturated carbocycles. The summed E-state index contributed by atoms with van der Waals surface area (Å²) < 4.78 is 11.0. The molecule has 16 heavy (non-hydrogen) atoms. The number of nitrogen functional groups attached to an aromatic ring is 1. The standard InChI is InChI=1S/C13H21NO2/c1-11(2)10-15-8-3-9-16-13-6-4-12(14)5-7-13/h4-7,11H,3,8-10,14H2,1-2H3. The average Bonchev–Trinajstić information content (AvgIpc) is 2.25. The lowest BCUT2D eigenvalue weighted by Crippen LogP contribution is -2.06. The second kappa shape index (κ2) is 7.12. The summed E-state index contributed by atoms with van der Waals surface area (Å²) in [5, 5.41) is 0.